The normalized spacial score (nSPS) is 10.4. The van der Waals surface area contributed by atoms with Crippen molar-refractivity contribution in [3.05, 3.63) is 42.0 Å². The van der Waals surface area contributed by atoms with Crippen molar-refractivity contribution in [1.29, 1.82) is 0 Å². The molecule has 0 aliphatic rings. The number of nitrogens with zero attached hydrogens (tertiary/aromatic N) is 4. The van der Waals surface area contributed by atoms with Crippen LogP contribution in [0.3, 0.4) is 0 Å². The average molecular weight is 244 g/mol. The van der Waals surface area contributed by atoms with Crippen LogP contribution < -0.4 is 4.90 Å². The molecule has 1 aromatic carbocycles. The van der Waals surface area contributed by atoms with Crippen molar-refractivity contribution in [2.24, 2.45) is 7.05 Å². The van der Waals surface area contributed by atoms with Crippen LogP contribution in [0.1, 0.15) is 16.2 Å². The van der Waals surface area contributed by atoms with Gasteiger partial charge in [-0.2, -0.15) is 5.10 Å². The van der Waals surface area contributed by atoms with Gasteiger partial charge in [-0.25, -0.2) is 4.98 Å². The molecule has 0 saturated carbocycles. The Labute approximate surface area is 106 Å². The monoisotopic (exact) mass is 244 g/mol. The van der Waals surface area contributed by atoms with E-state index in [0.29, 0.717) is 11.4 Å². The van der Waals surface area contributed by atoms with Crippen molar-refractivity contribution in [2.75, 3.05) is 19.0 Å². The molecule has 0 saturated heterocycles. The summed E-state index contributed by atoms with van der Waals surface area (Å²) >= 11 is 0. The van der Waals surface area contributed by atoms with Gasteiger partial charge in [0.2, 0.25) is 0 Å². The molecule has 0 unspecified atom stereocenters. The summed E-state index contributed by atoms with van der Waals surface area (Å²) in [6, 6.07) is 7.55. The topological polar surface area (TPSA) is 51.0 Å². The Bertz CT molecular complexity index is 542. The number of rotatable bonds is 4. The number of anilines is 1. The first-order valence-electron chi connectivity index (χ1n) is 5.71. The molecule has 2 aromatic rings. The SMILES string of the molecule is CN(C)c1ccc(C(=O)Cc2ncnn2C)cc1. The predicted molar refractivity (Wildman–Crippen MR) is 69.8 cm³/mol. The van der Waals surface area contributed by atoms with Crippen LogP contribution in [0.5, 0.6) is 0 Å². The van der Waals surface area contributed by atoms with Crippen LogP contribution >= 0.6 is 0 Å². The molecule has 0 spiro atoms. The van der Waals surface area contributed by atoms with Crippen molar-refractivity contribution in [1.82, 2.24) is 14.8 Å². The number of ketones is 1. The van der Waals surface area contributed by atoms with Crippen LogP contribution in [0, 0.1) is 0 Å². The lowest BCUT2D eigenvalue weighted by molar-refractivity contribution is 0.0989. The first-order chi connectivity index (χ1) is 8.58. The van der Waals surface area contributed by atoms with E-state index in [9.17, 15) is 4.79 Å². The van der Waals surface area contributed by atoms with E-state index in [0.717, 1.165) is 5.69 Å². The van der Waals surface area contributed by atoms with Crippen LogP contribution in [0.15, 0.2) is 30.6 Å². The van der Waals surface area contributed by atoms with E-state index in [2.05, 4.69) is 10.1 Å². The Balaban J connectivity index is 2.12. The number of carbonyl (C=O) groups excluding carboxylic acids is 1. The smallest absolute Gasteiger partial charge is 0.170 e. The van der Waals surface area contributed by atoms with Gasteiger partial charge in [0.05, 0.1) is 6.42 Å². The van der Waals surface area contributed by atoms with Gasteiger partial charge >= 0.3 is 0 Å². The molecule has 0 bridgehead atoms. The molecule has 1 aromatic heterocycles. The zero-order chi connectivity index (χ0) is 13.1. The maximum Gasteiger partial charge on any atom is 0.170 e. The van der Waals surface area contributed by atoms with Gasteiger partial charge in [0, 0.05) is 32.4 Å². The third kappa shape index (κ3) is 2.56. The summed E-state index contributed by atoms with van der Waals surface area (Å²) in [5.41, 5.74) is 1.77. The first kappa shape index (κ1) is 12.3. The van der Waals surface area contributed by atoms with E-state index >= 15 is 0 Å². The molecule has 0 N–H and O–H groups in total. The number of carbonyl (C=O) groups is 1. The van der Waals surface area contributed by atoms with E-state index in [-0.39, 0.29) is 12.2 Å². The number of hydrogen-bond acceptors (Lipinski definition) is 4. The summed E-state index contributed by atoms with van der Waals surface area (Å²) in [5.74, 6) is 0.730. The van der Waals surface area contributed by atoms with Crippen molar-refractivity contribution in [3.63, 3.8) is 0 Å². The molecule has 0 fully saturated rings. The highest BCUT2D eigenvalue weighted by Gasteiger charge is 2.10. The second-order valence-corrected chi connectivity index (χ2v) is 4.34. The summed E-state index contributed by atoms with van der Waals surface area (Å²) in [6.45, 7) is 0. The Morgan fingerprint density at radius 3 is 2.44 bits per heavy atom. The highest BCUT2D eigenvalue weighted by atomic mass is 16.1. The van der Waals surface area contributed by atoms with E-state index in [1.165, 1.54) is 6.33 Å². The average Bonchev–Trinajstić information content (AvgIpc) is 2.75. The fraction of sp³-hybridized carbons (Fsp3) is 0.308. The number of Topliss-reactive ketones (excluding diaryl/α,β-unsaturated/α-hetero) is 1. The third-order valence-electron chi connectivity index (χ3n) is 2.83. The van der Waals surface area contributed by atoms with Gasteiger partial charge in [0.25, 0.3) is 0 Å². The number of benzene rings is 1. The lowest BCUT2D eigenvalue weighted by atomic mass is 10.1. The number of hydrogen-bond donors (Lipinski definition) is 0. The highest BCUT2D eigenvalue weighted by Crippen LogP contribution is 2.13. The maximum absolute atomic E-state index is 12.1. The first-order valence-corrected chi connectivity index (χ1v) is 5.71. The van der Waals surface area contributed by atoms with Gasteiger partial charge in [-0.15, -0.1) is 0 Å². The Kier molecular flexibility index (Phi) is 3.41. The molecule has 18 heavy (non-hydrogen) atoms. The van der Waals surface area contributed by atoms with Gasteiger partial charge in [-0.1, -0.05) is 0 Å². The fourth-order valence-electron chi connectivity index (χ4n) is 1.67. The minimum atomic E-state index is 0.0522. The molecule has 0 atom stereocenters. The fourth-order valence-corrected chi connectivity index (χ4v) is 1.67. The minimum absolute atomic E-state index is 0.0522. The van der Waals surface area contributed by atoms with Crippen LogP contribution in [0.2, 0.25) is 0 Å². The molecule has 1 heterocycles. The molecule has 0 radical (unpaired) electrons. The maximum atomic E-state index is 12.1. The van der Waals surface area contributed by atoms with Crippen molar-refractivity contribution in [3.8, 4) is 0 Å². The van der Waals surface area contributed by atoms with Gasteiger partial charge in [0.15, 0.2) is 5.78 Å². The van der Waals surface area contributed by atoms with Crippen LogP contribution in [0.4, 0.5) is 5.69 Å². The van der Waals surface area contributed by atoms with Crippen LogP contribution in [-0.2, 0) is 13.5 Å². The highest BCUT2D eigenvalue weighted by molar-refractivity contribution is 5.97. The summed E-state index contributed by atoms with van der Waals surface area (Å²) < 4.78 is 1.62. The van der Waals surface area contributed by atoms with Crippen LogP contribution in [-0.4, -0.2) is 34.6 Å². The Morgan fingerprint density at radius 1 is 1.28 bits per heavy atom. The number of aryl methyl sites for hydroxylation is 1. The van der Waals surface area contributed by atoms with Gasteiger partial charge in [-0.3, -0.25) is 9.48 Å². The number of aromatic nitrogens is 3. The lowest BCUT2D eigenvalue weighted by Gasteiger charge is -2.12. The van der Waals surface area contributed by atoms with E-state index in [4.69, 9.17) is 0 Å². The summed E-state index contributed by atoms with van der Waals surface area (Å²) in [7, 11) is 5.72. The molecule has 0 aliphatic heterocycles. The molecule has 94 valence electrons. The summed E-state index contributed by atoms with van der Waals surface area (Å²) in [5, 5.41) is 3.95. The van der Waals surface area contributed by atoms with E-state index in [1.807, 2.05) is 43.3 Å². The van der Waals surface area contributed by atoms with Gasteiger partial charge < -0.3 is 4.90 Å². The van der Waals surface area contributed by atoms with Crippen molar-refractivity contribution in [2.45, 2.75) is 6.42 Å². The molecule has 5 heteroatoms. The largest absolute Gasteiger partial charge is 0.378 e. The third-order valence-corrected chi connectivity index (χ3v) is 2.83. The van der Waals surface area contributed by atoms with Crippen molar-refractivity contribution >= 4 is 11.5 Å². The second kappa shape index (κ2) is 5.00. The Morgan fingerprint density at radius 2 is 1.94 bits per heavy atom. The van der Waals surface area contributed by atoms with Crippen LogP contribution in [0.25, 0.3) is 0 Å². The quantitative estimate of drug-likeness (QED) is 0.761. The van der Waals surface area contributed by atoms with Gasteiger partial charge in [-0.05, 0) is 24.3 Å². The molecular weight excluding hydrogens is 228 g/mol. The molecule has 0 aliphatic carbocycles. The molecule has 5 nitrogen and oxygen atoms in total. The molecule has 2 rings (SSSR count). The molecule has 0 amide bonds. The summed E-state index contributed by atoms with van der Waals surface area (Å²) in [6.07, 6.45) is 1.73. The lowest BCUT2D eigenvalue weighted by Crippen LogP contribution is -2.11. The van der Waals surface area contributed by atoms with Gasteiger partial charge in [0.1, 0.15) is 12.2 Å². The van der Waals surface area contributed by atoms with E-state index in [1.54, 1.807) is 11.7 Å². The second-order valence-electron chi connectivity index (χ2n) is 4.34. The molecular formula is C13H16N4O. The van der Waals surface area contributed by atoms with E-state index < -0.39 is 0 Å². The van der Waals surface area contributed by atoms with Crippen molar-refractivity contribution < 1.29 is 4.79 Å². The Hall–Kier alpha value is -2.17. The minimum Gasteiger partial charge on any atom is -0.378 e. The summed E-state index contributed by atoms with van der Waals surface area (Å²) in [4.78, 5) is 18.1. The predicted octanol–water partition coefficient (Wildman–Crippen LogP) is 1.31. The zero-order valence-electron chi connectivity index (χ0n) is 10.8. The standard InChI is InChI=1S/C13H16N4O/c1-16(2)11-6-4-10(5-7-11)12(18)8-13-14-9-15-17(13)3/h4-7,9H,8H2,1-3H3. The zero-order valence-corrected chi connectivity index (χ0v) is 10.8.